The molecule has 2 aromatic carbocycles. The molecule has 2 N–H and O–H groups in total. The lowest BCUT2D eigenvalue weighted by Crippen LogP contribution is -2.12. The summed E-state index contributed by atoms with van der Waals surface area (Å²) in [6, 6.07) is 16.9. The first-order valence-electron chi connectivity index (χ1n) is 7.47. The van der Waals surface area contributed by atoms with E-state index in [4.69, 9.17) is 0 Å². The van der Waals surface area contributed by atoms with Crippen LogP contribution in [0.25, 0.3) is 0 Å². The summed E-state index contributed by atoms with van der Waals surface area (Å²) in [5.74, 6) is -0.0753. The lowest BCUT2D eigenvalue weighted by Gasteiger charge is -2.08. The molecule has 1 heterocycles. The Morgan fingerprint density at radius 1 is 1.00 bits per heavy atom. The van der Waals surface area contributed by atoms with Crippen LogP contribution in [0.4, 0.5) is 21.6 Å². The minimum atomic E-state index is -0.310. The third kappa shape index (κ3) is 3.95. The van der Waals surface area contributed by atoms with E-state index in [1.165, 1.54) is 12.1 Å². The normalized spacial score (nSPS) is 10.2. The summed E-state index contributed by atoms with van der Waals surface area (Å²) < 4.78 is 13.2. The number of nitrogens with zero attached hydrogens (tertiary/aromatic N) is 1. The molecular formula is C19H16FN3O. The zero-order valence-corrected chi connectivity index (χ0v) is 13.1. The molecule has 0 aliphatic heterocycles. The fourth-order valence-corrected chi connectivity index (χ4v) is 2.17. The second-order valence-corrected chi connectivity index (χ2v) is 5.39. The second-order valence-electron chi connectivity index (χ2n) is 5.39. The molecule has 24 heavy (non-hydrogen) atoms. The van der Waals surface area contributed by atoms with Gasteiger partial charge >= 0.3 is 0 Å². The largest absolute Gasteiger partial charge is 0.354 e. The number of carbonyl (C=O) groups excluding carboxylic acids is 1. The van der Waals surface area contributed by atoms with Crippen LogP contribution in [-0.2, 0) is 0 Å². The number of hydrogen-bond acceptors (Lipinski definition) is 3. The minimum Gasteiger partial charge on any atom is -0.354 e. The molecule has 0 saturated carbocycles. The molecule has 4 nitrogen and oxygen atoms in total. The molecule has 1 aromatic heterocycles. The maximum atomic E-state index is 13.2. The molecule has 0 radical (unpaired) electrons. The number of hydrogen-bond donors (Lipinski definition) is 2. The molecule has 3 rings (SSSR count). The standard InChI is InChI=1S/C19H16FN3O/c1-13-5-7-14(8-6-13)19(24)23-18-10-9-17(12-21-18)22-16-4-2-3-15(20)11-16/h2-12,22H,1H3,(H,21,23,24). The number of pyridine rings is 1. The van der Waals surface area contributed by atoms with Crippen molar-refractivity contribution in [2.24, 2.45) is 0 Å². The van der Waals surface area contributed by atoms with E-state index in [-0.39, 0.29) is 11.7 Å². The number of rotatable bonds is 4. The first kappa shape index (κ1) is 15.7. The molecule has 5 heteroatoms. The van der Waals surface area contributed by atoms with Crippen molar-refractivity contribution < 1.29 is 9.18 Å². The van der Waals surface area contributed by atoms with Gasteiger partial charge in [0.1, 0.15) is 11.6 Å². The maximum absolute atomic E-state index is 13.2. The lowest BCUT2D eigenvalue weighted by atomic mass is 10.1. The molecule has 0 saturated heterocycles. The molecule has 3 aromatic rings. The van der Waals surface area contributed by atoms with E-state index < -0.39 is 0 Å². The van der Waals surface area contributed by atoms with Gasteiger partial charge in [-0.3, -0.25) is 4.79 Å². The quantitative estimate of drug-likeness (QED) is 0.742. The van der Waals surface area contributed by atoms with Gasteiger partial charge < -0.3 is 10.6 Å². The highest BCUT2D eigenvalue weighted by molar-refractivity contribution is 6.03. The van der Waals surface area contributed by atoms with Gasteiger partial charge in [-0.2, -0.15) is 0 Å². The molecule has 0 atom stereocenters. The SMILES string of the molecule is Cc1ccc(C(=O)Nc2ccc(Nc3cccc(F)c3)cn2)cc1. The summed E-state index contributed by atoms with van der Waals surface area (Å²) in [5, 5.41) is 5.79. The summed E-state index contributed by atoms with van der Waals surface area (Å²) in [6.07, 6.45) is 1.58. The van der Waals surface area contributed by atoms with Crippen LogP contribution >= 0.6 is 0 Å². The maximum Gasteiger partial charge on any atom is 0.256 e. The number of aromatic nitrogens is 1. The molecule has 0 bridgehead atoms. The minimum absolute atomic E-state index is 0.215. The van der Waals surface area contributed by atoms with Crippen LogP contribution in [0.15, 0.2) is 66.9 Å². The van der Waals surface area contributed by atoms with Crippen LogP contribution in [0.1, 0.15) is 15.9 Å². The van der Waals surface area contributed by atoms with Crippen molar-refractivity contribution in [3.63, 3.8) is 0 Å². The van der Waals surface area contributed by atoms with Gasteiger partial charge in [-0.1, -0.05) is 23.8 Å². The Balaban J connectivity index is 1.66. The van der Waals surface area contributed by atoms with Gasteiger partial charge in [0.25, 0.3) is 5.91 Å². The Hall–Kier alpha value is -3.21. The summed E-state index contributed by atoms with van der Waals surface area (Å²) >= 11 is 0. The molecule has 1 amide bonds. The van der Waals surface area contributed by atoms with Crippen molar-refractivity contribution in [2.75, 3.05) is 10.6 Å². The van der Waals surface area contributed by atoms with E-state index in [9.17, 15) is 9.18 Å². The van der Waals surface area contributed by atoms with Gasteiger partial charge in [0.15, 0.2) is 0 Å². The highest BCUT2D eigenvalue weighted by atomic mass is 19.1. The Kier molecular flexibility index (Phi) is 4.52. The Morgan fingerprint density at radius 3 is 2.46 bits per heavy atom. The van der Waals surface area contributed by atoms with E-state index in [2.05, 4.69) is 15.6 Å². The first-order valence-corrected chi connectivity index (χ1v) is 7.47. The van der Waals surface area contributed by atoms with Crippen molar-refractivity contribution in [3.05, 3.63) is 83.8 Å². The highest BCUT2D eigenvalue weighted by Gasteiger charge is 2.06. The number of carbonyl (C=O) groups is 1. The van der Waals surface area contributed by atoms with Gasteiger partial charge in [-0.05, 0) is 49.4 Å². The zero-order valence-electron chi connectivity index (χ0n) is 13.1. The molecule has 0 fully saturated rings. The van der Waals surface area contributed by atoms with E-state index >= 15 is 0 Å². The average molecular weight is 321 g/mol. The summed E-state index contributed by atoms with van der Waals surface area (Å²) in [7, 11) is 0. The van der Waals surface area contributed by atoms with E-state index in [0.29, 0.717) is 22.8 Å². The van der Waals surface area contributed by atoms with E-state index in [0.717, 1.165) is 5.56 Å². The van der Waals surface area contributed by atoms with Gasteiger partial charge in [0.05, 0.1) is 11.9 Å². The van der Waals surface area contributed by atoms with Gasteiger partial charge in [0.2, 0.25) is 0 Å². The van der Waals surface area contributed by atoms with Crippen LogP contribution in [-0.4, -0.2) is 10.9 Å². The third-order valence-corrected chi connectivity index (χ3v) is 3.43. The zero-order chi connectivity index (χ0) is 16.9. The van der Waals surface area contributed by atoms with Crippen LogP contribution < -0.4 is 10.6 Å². The first-order chi connectivity index (χ1) is 11.6. The third-order valence-electron chi connectivity index (χ3n) is 3.43. The fourth-order valence-electron chi connectivity index (χ4n) is 2.17. The van der Waals surface area contributed by atoms with Gasteiger partial charge in [0, 0.05) is 11.3 Å². The number of halogens is 1. The van der Waals surface area contributed by atoms with E-state index in [1.807, 2.05) is 19.1 Å². The fraction of sp³-hybridized carbons (Fsp3) is 0.0526. The molecule has 0 aliphatic carbocycles. The number of benzene rings is 2. The molecule has 0 aliphatic rings. The van der Waals surface area contributed by atoms with Crippen molar-refractivity contribution in [1.82, 2.24) is 4.98 Å². The van der Waals surface area contributed by atoms with Crippen molar-refractivity contribution in [3.8, 4) is 0 Å². The van der Waals surface area contributed by atoms with Crippen molar-refractivity contribution in [2.45, 2.75) is 6.92 Å². The van der Waals surface area contributed by atoms with Crippen molar-refractivity contribution >= 4 is 23.1 Å². The van der Waals surface area contributed by atoms with Gasteiger partial charge in [-0.15, -0.1) is 0 Å². The lowest BCUT2D eigenvalue weighted by molar-refractivity contribution is 0.102. The Labute approximate surface area is 139 Å². The monoisotopic (exact) mass is 321 g/mol. The Bertz CT molecular complexity index is 845. The second kappa shape index (κ2) is 6.91. The van der Waals surface area contributed by atoms with Crippen LogP contribution in [0.5, 0.6) is 0 Å². The number of aryl methyl sites for hydroxylation is 1. The number of nitrogens with one attached hydrogen (secondary N) is 2. The van der Waals surface area contributed by atoms with Crippen LogP contribution in [0.2, 0.25) is 0 Å². The number of anilines is 3. The highest BCUT2D eigenvalue weighted by Crippen LogP contribution is 2.18. The predicted molar refractivity (Wildman–Crippen MR) is 93.1 cm³/mol. The molecule has 0 spiro atoms. The summed E-state index contributed by atoms with van der Waals surface area (Å²) in [4.78, 5) is 16.3. The van der Waals surface area contributed by atoms with Crippen LogP contribution in [0.3, 0.4) is 0 Å². The van der Waals surface area contributed by atoms with E-state index in [1.54, 1.807) is 42.6 Å². The smallest absolute Gasteiger partial charge is 0.256 e. The summed E-state index contributed by atoms with van der Waals surface area (Å²) in [6.45, 7) is 1.97. The molecular weight excluding hydrogens is 305 g/mol. The van der Waals surface area contributed by atoms with Gasteiger partial charge in [-0.25, -0.2) is 9.37 Å². The molecule has 0 unspecified atom stereocenters. The topological polar surface area (TPSA) is 54.0 Å². The predicted octanol–water partition coefficient (Wildman–Crippen LogP) is 4.53. The average Bonchev–Trinajstić information content (AvgIpc) is 2.57. The molecule has 120 valence electrons. The summed E-state index contributed by atoms with van der Waals surface area (Å²) in [5.41, 5.74) is 3.00. The van der Waals surface area contributed by atoms with Crippen molar-refractivity contribution in [1.29, 1.82) is 0 Å². The number of amides is 1. The van der Waals surface area contributed by atoms with Crippen LogP contribution in [0, 0.1) is 12.7 Å². The Morgan fingerprint density at radius 2 is 1.79 bits per heavy atom.